The summed E-state index contributed by atoms with van der Waals surface area (Å²) in [5, 5.41) is 14.2. The first-order valence-electron chi connectivity index (χ1n) is 5.91. The topological polar surface area (TPSA) is 94.2 Å². The zero-order valence-corrected chi connectivity index (χ0v) is 10.2. The first kappa shape index (κ1) is 12.5. The van der Waals surface area contributed by atoms with Gasteiger partial charge in [0.15, 0.2) is 0 Å². The Labute approximate surface area is 104 Å². The van der Waals surface area contributed by atoms with Crippen LogP contribution in [0.3, 0.4) is 0 Å². The van der Waals surface area contributed by atoms with Crippen LogP contribution in [0.2, 0.25) is 0 Å². The lowest BCUT2D eigenvalue weighted by molar-refractivity contribution is -0.394. The van der Waals surface area contributed by atoms with Crippen LogP contribution in [0.25, 0.3) is 0 Å². The maximum atomic E-state index is 12.0. The zero-order chi connectivity index (χ0) is 13.1. The molecule has 8 heteroatoms. The lowest BCUT2D eigenvalue weighted by Crippen LogP contribution is -2.38. The number of hydrogen-bond donors (Lipinski definition) is 0. The molecule has 0 radical (unpaired) electrons. The van der Waals surface area contributed by atoms with E-state index in [9.17, 15) is 14.9 Å². The Morgan fingerprint density at radius 3 is 2.61 bits per heavy atom. The fraction of sp³-hybridized carbons (Fsp3) is 0.700. The fourth-order valence-electron chi connectivity index (χ4n) is 2.00. The Kier molecular flexibility index (Phi) is 3.54. The highest BCUT2D eigenvalue weighted by Crippen LogP contribution is 2.10. The van der Waals surface area contributed by atoms with Crippen LogP contribution in [-0.4, -0.2) is 43.6 Å². The standard InChI is InChI=1S/C10H15N5O3/c1-8-11-10(15(17)18)12-14(8)7-9(16)13-5-3-2-4-6-13/h2-7H2,1H3. The van der Waals surface area contributed by atoms with Crippen LogP contribution in [0, 0.1) is 17.0 Å². The molecule has 0 aromatic carbocycles. The Hall–Kier alpha value is -1.99. The molecule has 8 nitrogen and oxygen atoms in total. The largest absolute Gasteiger partial charge is 0.491 e. The van der Waals surface area contributed by atoms with Gasteiger partial charge in [-0.1, -0.05) is 0 Å². The average molecular weight is 253 g/mol. The normalized spacial score (nSPS) is 15.7. The SMILES string of the molecule is Cc1nc([N+](=O)[O-])nn1CC(=O)N1CCCCC1. The van der Waals surface area contributed by atoms with Crippen LogP contribution in [-0.2, 0) is 11.3 Å². The van der Waals surface area contributed by atoms with Gasteiger partial charge < -0.3 is 15.0 Å². The predicted molar refractivity (Wildman–Crippen MR) is 61.8 cm³/mol. The monoisotopic (exact) mass is 253 g/mol. The van der Waals surface area contributed by atoms with E-state index in [2.05, 4.69) is 10.1 Å². The number of nitrogens with zero attached hydrogens (tertiary/aromatic N) is 5. The molecule has 98 valence electrons. The number of aryl methyl sites for hydroxylation is 1. The molecule has 0 N–H and O–H groups in total. The van der Waals surface area contributed by atoms with E-state index in [0.717, 1.165) is 32.4 Å². The van der Waals surface area contributed by atoms with Gasteiger partial charge in [-0.25, -0.2) is 0 Å². The van der Waals surface area contributed by atoms with Crippen molar-refractivity contribution in [3.8, 4) is 0 Å². The number of nitro groups is 1. The quantitative estimate of drug-likeness (QED) is 0.577. The molecule has 0 unspecified atom stereocenters. The summed E-state index contributed by atoms with van der Waals surface area (Å²) in [7, 11) is 0. The maximum Gasteiger partial charge on any atom is 0.491 e. The van der Waals surface area contributed by atoms with Gasteiger partial charge in [0, 0.05) is 25.1 Å². The predicted octanol–water partition coefficient (Wildman–Crippen LogP) is 0.507. The van der Waals surface area contributed by atoms with Crippen LogP contribution < -0.4 is 0 Å². The second kappa shape index (κ2) is 5.11. The van der Waals surface area contributed by atoms with Crippen molar-refractivity contribution in [1.82, 2.24) is 19.7 Å². The molecule has 1 aliphatic heterocycles. The highest BCUT2D eigenvalue weighted by Gasteiger charge is 2.23. The molecule has 2 heterocycles. The summed E-state index contributed by atoms with van der Waals surface area (Å²) in [6, 6.07) is 0. The average Bonchev–Trinajstić information content (AvgIpc) is 2.72. The minimum atomic E-state index is -0.658. The second-order valence-corrected chi connectivity index (χ2v) is 4.32. The number of aromatic nitrogens is 3. The van der Waals surface area contributed by atoms with Gasteiger partial charge in [-0.3, -0.25) is 4.79 Å². The lowest BCUT2D eigenvalue weighted by Gasteiger charge is -2.26. The molecule has 1 aliphatic rings. The van der Waals surface area contributed by atoms with E-state index in [1.54, 1.807) is 11.8 Å². The van der Waals surface area contributed by atoms with Gasteiger partial charge in [0.1, 0.15) is 6.54 Å². The minimum Gasteiger partial charge on any atom is -0.390 e. The maximum absolute atomic E-state index is 12.0. The van der Waals surface area contributed by atoms with Gasteiger partial charge in [0.05, 0.1) is 0 Å². The second-order valence-electron chi connectivity index (χ2n) is 4.32. The Morgan fingerprint density at radius 1 is 1.39 bits per heavy atom. The Balaban J connectivity index is 2.04. The molecule has 18 heavy (non-hydrogen) atoms. The first-order valence-corrected chi connectivity index (χ1v) is 5.91. The van der Waals surface area contributed by atoms with E-state index in [0.29, 0.717) is 5.82 Å². The molecule has 0 saturated carbocycles. The third kappa shape index (κ3) is 2.63. The smallest absolute Gasteiger partial charge is 0.390 e. The van der Waals surface area contributed by atoms with E-state index < -0.39 is 10.9 Å². The van der Waals surface area contributed by atoms with Crippen molar-refractivity contribution in [2.45, 2.75) is 32.7 Å². The van der Waals surface area contributed by atoms with Gasteiger partial charge in [0.25, 0.3) is 0 Å². The van der Waals surface area contributed by atoms with E-state index in [4.69, 9.17) is 0 Å². The number of rotatable bonds is 3. The highest BCUT2D eigenvalue weighted by atomic mass is 16.6. The summed E-state index contributed by atoms with van der Waals surface area (Å²) in [4.78, 5) is 27.3. The molecule has 1 saturated heterocycles. The third-order valence-corrected chi connectivity index (χ3v) is 3.00. The molecule has 1 aromatic rings. The molecule has 1 amide bonds. The van der Waals surface area contributed by atoms with Crippen molar-refractivity contribution in [1.29, 1.82) is 0 Å². The Morgan fingerprint density at radius 2 is 2.06 bits per heavy atom. The summed E-state index contributed by atoms with van der Waals surface area (Å²) < 4.78 is 1.29. The van der Waals surface area contributed by atoms with Gasteiger partial charge in [-0.05, 0) is 29.2 Å². The molecule has 1 aromatic heterocycles. The zero-order valence-electron chi connectivity index (χ0n) is 10.2. The van der Waals surface area contributed by atoms with Crippen molar-refractivity contribution in [2.24, 2.45) is 0 Å². The number of amides is 1. The molecule has 2 rings (SSSR count). The van der Waals surface area contributed by atoms with Gasteiger partial charge in [-0.15, -0.1) is 0 Å². The first-order chi connectivity index (χ1) is 8.58. The lowest BCUT2D eigenvalue weighted by atomic mass is 10.1. The summed E-state index contributed by atoms with van der Waals surface area (Å²) >= 11 is 0. The van der Waals surface area contributed by atoms with Gasteiger partial charge >= 0.3 is 5.95 Å². The van der Waals surface area contributed by atoms with E-state index in [-0.39, 0.29) is 12.5 Å². The number of likely N-dealkylation sites (tertiary alicyclic amines) is 1. The number of carbonyl (C=O) groups excluding carboxylic acids is 1. The van der Waals surface area contributed by atoms with E-state index in [1.807, 2.05) is 0 Å². The molecule has 0 aliphatic carbocycles. The molecular formula is C10H15N5O3. The van der Waals surface area contributed by atoms with Crippen LogP contribution in [0.5, 0.6) is 0 Å². The summed E-state index contributed by atoms with van der Waals surface area (Å²) in [6.07, 6.45) is 3.18. The Bertz CT molecular complexity index is 464. The molecule has 0 atom stereocenters. The van der Waals surface area contributed by atoms with Gasteiger partial charge in [-0.2, -0.15) is 4.68 Å². The van der Waals surface area contributed by atoms with Gasteiger partial charge in [0.2, 0.25) is 11.7 Å². The van der Waals surface area contributed by atoms with Crippen molar-refractivity contribution in [3.05, 3.63) is 15.9 Å². The minimum absolute atomic E-state index is 0.0205. The molecular weight excluding hydrogens is 238 g/mol. The molecule has 0 spiro atoms. The van der Waals surface area contributed by atoms with Crippen molar-refractivity contribution < 1.29 is 9.72 Å². The van der Waals surface area contributed by atoms with Crippen molar-refractivity contribution in [2.75, 3.05) is 13.1 Å². The summed E-state index contributed by atoms with van der Waals surface area (Å²) in [6.45, 7) is 3.14. The van der Waals surface area contributed by atoms with Crippen LogP contribution in [0.4, 0.5) is 5.95 Å². The van der Waals surface area contributed by atoms with Crippen molar-refractivity contribution >= 4 is 11.9 Å². The van der Waals surface area contributed by atoms with E-state index in [1.165, 1.54) is 4.68 Å². The van der Waals surface area contributed by atoms with Crippen LogP contribution in [0.15, 0.2) is 0 Å². The highest BCUT2D eigenvalue weighted by molar-refractivity contribution is 5.76. The fourth-order valence-corrected chi connectivity index (χ4v) is 2.00. The van der Waals surface area contributed by atoms with Crippen LogP contribution >= 0.6 is 0 Å². The molecule has 1 fully saturated rings. The van der Waals surface area contributed by atoms with Crippen molar-refractivity contribution in [3.63, 3.8) is 0 Å². The third-order valence-electron chi connectivity index (χ3n) is 3.00. The number of carbonyl (C=O) groups is 1. The van der Waals surface area contributed by atoms with E-state index >= 15 is 0 Å². The summed E-state index contributed by atoms with van der Waals surface area (Å²) in [5.41, 5.74) is 0. The summed E-state index contributed by atoms with van der Waals surface area (Å²) in [5.74, 6) is -0.136. The number of piperidine rings is 1. The number of hydrogen-bond acceptors (Lipinski definition) is 5. The van der Waals surface area contributed by atoms with Crippen LogP contribution in [0.1, 0.15) is 25.1 Å². The molecule has 0 bridgehead atoms.